The molecule has 2 aromatic rings. The first-order valence-electron chi connectivity index (χ1n) is 6.17. The van der Waals surface area contributed by atoms with Crippen molar-refractivity contribution in [1.29, 1.82) is 0 Å². The Labute approximate surface area is 136 Å². The fourth-order valence-electron chi connectivity index (χ4n) is 1.89. The van der Waals surface area contributed by atoms with Crippen LogP contribution in [-0.2, 0) is 0 Å². The Kier molecular flexibility index (Phi) is 5.09. The van der Waals surface area contributed by atoms with Crippen LogP contribution in [-0.4, -0.2) is 20.1 Å². The minimum Gasteiger partial charge on any atom is -0.495 e. The first kappa shape index (κ1) is 15.7. The number of rotatable bonds is 4. The molecule has 2 N–H and O–H groups in total. The number of carbonyl (C=O) groups is 1. The predicted octanol–water partition coefficient (Wildman–Crippen LogP) is 4.41. The fraction of sp³-hybridized carbons (Fsp3) is 0.133. The standard InChI is InChI=1S/C15H14BrClN2O2/c1-18-12-5-4-10(17)8-11(12)15(20)19-13-7-9(16)3-6-14(13)21-2/h3-8,18H,1-2H3,(H,19,20). The van der Waals surface area contributed by atoms with Crippen LogP contribution in [0.3, 0.4) is 0 Å². The molecule has 0 heterocycles. The number of nitrogens with one attached hydrogen (secondary N) is 2. The largest absolute Gasteiger partial charge is 0.495 e. The minimum absolute atomic E-state index is 0.266. The van der Waals surface area contributed by atoms with Crippen molar-refractivity contribution in [3.8, 4) is 5.75 Å². The van der Waals surface area contributed by atoms with Crippen molar-refractivity contribution in [3.05, 3.63) is 51.5 Å². The molecular formula is C15H14BrClN2O2. The summed E-state index contributed by atoms with van der Waals surface area (Å²) in [4.78, 5) is 12.4. The lowest BCUT2D eigenvalue weighted by molar-refractivity contribution is 0.102. The van der Waals surface area contributed by atoms with E-state index in [4.69, 9.17) is 16.3 Å². The summed E-state index contributed by atoms with van der Waals surface area (Å²) in [6.45, 7) is 0. The molecule has 0 atom stereocenters. The number of halogens is 2. The highest BCUT2D eigenvalue weighted by molar-refractivity contribution is 9.10. The molecule has 4 nitrogen and oxygen atoms in total. The van der Waals surface area contributed by atoms with Gasteiger partial charge in [0, 0.05) is 22.2 Å². The molecule has 0 bridgehead atoms. The summed E-state index contributed by atoms with van der Waals surface area (Å²) in [7, 11) is 3.30. The zero-order valence-electron chi connectivity index (χ0n) is 11.5. The molecule has 110 valence electrons. The van der Waals surface area contributed by atoms with Gasteiger partial charge in [0.25, 0.3) is 5.91 Å². The zero-order valence-corrected chi connectivity index (χ0v) is 13.9. The molecule has 0 radical (unpaired) electrons. The van der Waals surface area contributed by atoms with Crippen LogP contribution in [0.4, 0.5) is 11.4 Å². The summed E-state index contributed by atoms with van der Waals surface area (Å²) in [5.41, 5.74) is 1.75. The third kappa shape index (κ3) is 3.68. The van der Waals surface area contributed by atoms with Gasteiger partial charge in [-0.2, -0.15) is 0 Å². The average molecular weight is 370 g/mol. The first-order chi connectivity index (χ1) is 10.0. The molecule has 0 aliphatic carbocycles. The summed E-state index contributed by atoms with van der Waals surface area (Å²) in [6, 6.07) is 10.5. The van der Waals surface area contributed by atoms with Gasteiger partial charge in [0.2, 0.25) is 0 Å². The molecule has 0 spiro atoms. The van der Waals surface area contributed by atoms with Crippen LogP contribution in [0.15, 0.2) is 40.9 Å². The van der Waals surface area contributed by atoms with E-state index in [-0.39, 0.29) is 5.91 Å². The topological polar surface area (TPSA) is 50.4 Å². The van der Waals surface area contributed by atoms with E-state index < -0.39 is 0 Å². The third-order valence-electron chi connectivity index (χ3n) is 2.91. The molecule has 1 amide bonds. The van der Waals surface area contributed by atoms with E-state index in [1.54, 1.807) is 44.5 Å². The maximum atomic E-state index is 12.4. The van der Waals surface area contributed by atoms with Gasteiger partial charge >= 0.3 is 0 Å². The van der Waals surface area contributed by atoms with Gasteiger partial charge in [-0.25, -0.2) is 0 Å². The molecule has 0 aliphatic rings. The Hall–Kier alpha value is -1.72. The summed E-state index contributed by atoms with van der Waals surface area (Å²) in [6.07, 6.45) is 0. The van der Waals surface area contributed by atoms with Crippen molar-refractivity contribution in [1.82, 2.24) is 0 Å². The predicted molar refractivity (Wildman–Crippen MR) is 89.6 cm³/mol. The second-order valence-corrected chi connectivity index (χ2v) is 5.59. The van der Waals surface area contributed by atoms with Gasteiger partial charge < -0.3 is 15.4 Å². The van der Waals surface area contributed by atoms with E-state index in [1.165, 1.54) is 0 Å². The SMILES string of the molecule is CNc1ccc(Cl)cc1C(=O)Nc1cc(Br)ccc1OC. The van der Waals surface area contributed by atoms with Crippen LogP contribution in [0.25, 0.3) is 0 Å². The van der Waals surface area contributed by atoms with Gasteiger partial charge in [-0.05, 0) is 36.4 Å². The average Bonchev–Trinajstić information content (AvgIpc) is 2.47. The van der Waals surface area contributed by atoms with E-state index >= 15 is 0 Å². The number of methoxy groups -OCH3 is 1. The summed E-state index contributed by atoms with van der Waals surface area (Å²) >= 11 is 9.34. The number of hydrogen-bond acceptors (Lipinski definition) is 3. The molecule has 0 aromatic heterocycles. The van der Waals surface area contributed by atoms with Crippen molar-refractivity contribution in [2.45, 2.75) is 0 Å². The smallest absolute Gasteiger partial charge is 0.257 e. The van der Waals surface area contributed by atoms with E-state index in [0.717, 1.165) is 4.47 Å². The van der Waals surface area contributed by atoms with E-state index in [1.807, 2.05) is 6.07 Å². The zero-order chi connectivity index (χ0) is 15.4. The number of carbonyl (C=O) groups excluding carboxylic acids is 1. The lowest BCUT2D eigenvalue weighted by Gasteiger charge is -2.13. The van der Waals surface area contributed by atoms with Crippen molar-refractivity contribution < 1.29 is 9.53 Å². The highest BCUT2D eigenvalue weighted by Crippen LogP contribution is 2.29. The number of anilines is 2. The highest BCUT2D eigenvalue weighted by Gasteiger charge is 2.14. The lowest BCUT2D eigenvalue weighted by atomic mass is 10.1. The fourth-order valence-corrected chi connectivity index (χ4v) is 2.42. The van der Waals surface area contributed by atoms with Gasteiger partial charge in [-0.3, -0.25) is 4.79 Å². The number of amides is 1. The molecular weight excluding hydrogens is 356 g/mol. The molecule has 0 unspecified atom stereocenters. The van der Waals surface area contributed by atoms with Crippen LogP contribution in [0.5, 0.6) is 5.75 Å². The second kappa shape index (κ2) is 6.83. The van der Waals surface area contributed by atoms with Crippen molar-refractivity contribution >= 4 is 44.8 Å². The van der Waals surface area contributed by atoms with Crippen LogP contribution in [0.2, 0.25) is 5.02 Å². The molecule has 0 saturated heterocycles. The highest BCUT2D eigenvalue weighted by atomic mass is 79.9. The molecule has 0 aliphatic heterocycles. The number of ether oxygens (including phenoxy) is 1. The number of hydrogen-bond donors (Lipinski definition) is 2. The monoisotopic (exact) mass is 368 g/mol. The quantitative estimate of drug-likeness (QED) is 0.839. The van der Waals surface area contributed by atoms with Crippen LogP contribution in [0, 0.1) is 0 Å². The molecule has 0 saturated carbocycles. The molecule has 6 heteroatoms. The Morgan fingerprint density at radius 3 is 2.62 bits per heavy atom. The normalized spacial score (nSPS) is 10.1. The lowest BCUT2D eigenvalue weighted by Crippen LogP contribution is -2.14. The van der Waals surface area contributed by atoms with Crippen molar-refractivity contribution in [2.24, 2.45) is 0 Å². The van der Waals surface area contributed by atoms with Crippen LogP contribution >= 0.6 is 27.5 Å². The van der Waals surface area contributed by atoms with E-state index in [9.17, 15) is 4.79 Å². The van der Waals surface area contributed by atoms with Crippen LogP contribution in [0.1, 0.15) is 10.4 Å². The van der Waals surface area contributed by atoms with Gasteiger partial charge in [-0.15, -0.1) is 0 Å². The maximum absolute atomic E-state index is 12.4. The van der Waals surface area contributed by atoms with Crippen molar-refractivity contribution in [2.75, 3.05) is 24.8 Å². The van der Waals surface area contributed by atoms with Gasteiger partial charge in [0.05, 0.1) is 18.4 Å². The van der Waals surface area contributed by atoms with E-state index in [0.29, 0.717) is 27.7 Å². The Morgan fingerprint density at radius 1 is 1.19 bits per heavy atom. The Balaban J connectivity index is 2.34. The van der Waals surface area contributed by atoms with Gasteiger partial charge in [0.15, 0.2) is 0 Å². The minimum atomic E-state index is -0.266. The maximum Gasteiger partial charge on any atom is 0.257 e. The Bertz CT molecular complexity index is 677. The molecule has 0 fully saturated rings. The summed E-state index contributed by atoms with van der Waals surface area (Å²) in [5.74, 6) is 0.317. The summed E-state index contributed by atoms with van der Waals surface area (Å²) in [5, 5.41) is 6.30. The summed E-state index contributed by atoms with van der Waals surface area (Å²) < 4.78 is 6.09. The van der Waals surface area contributed by atoms with Crippen molar-refractivity contribution in [3.63, 3.8) is 0 Å². The number of benzene rings is 2. The van der Waals surface area contributed by atoms with E-state index in [2.05, 4.69) is 26.6 Å². The van der Waals surface area contributed by atoms with Crippen LogP contribution < -0.4 is 15.4 Å². The molecule has 21 heavy (non-hydrogen) atoms. The molecule has 2 rings (SSSR count). The van der Waals surface area contributed by atoms with Gasteiger partial charge in [0.1, 0.15) is 5.75 Å². The second-order valence-electron chi connectivity index (χ2n) is 4.24. The third-order valence-corrected chi connectivity index (χ3v) is 3.63. The molecule has 2 aromatic carbocycles. The first-order valence-corrected chi connectivity index (χ1v) is 7.34. The van der Waals surface area contributed by atoms with Gasteiger partial charge in [-0.1, -0.05) is 27.5 Å². The Morgan fingerprint density at radius 2 is 1.95 bits per heavy atom.